The minimum Gasteiger partial charge on any atom is -0.480 e. The van der Waals surface area contributed by atoms with Crippen LogP contribution in [0.2, 0.25) is 0 Å². The first kappa shape index (κ1) is 23.6. The number of benzene rings is 1. The molecule has 0 amide bonds. The van der Waals surface area contributed by atoms with Crippen LogP contribution < -0.4 is 0 Å². The van der Waals surface area contributed by atoms with Gasteiger partial charge in [-0.3, -0.25) is 19.7 Å². The Morgan fingerprint density at radius 1 is 1.31 bits per heavy atom. The predicted octanol–water partition coefficient (Wildman–Crippen LogP) is 4.31. The summed E-state index contributed by atoms with van der Waals surface area (Å²) in [6.07, 6.45) is 1.35. The SMILES string of the molecule is CCCCCOC1CC(Sc2ccc(C)cc2)(C(=O)O)CC([N+](=O)[O-])C1C(=O)Cl. The zero-order valence-electron chi connectivity index (χ0n) is 16.5. The summed E-state index contributed by atoms with van der Waals surface area (Å²) in [5, 5.41) is 20.9. The number of carbonyl (C=O) groups excluding carboxylic acids is 1. The van der Waals surface area contributed by atoms with E-state index in [0.29, 0.717) is 11.5 Å². The van der Waals surface area contributed by atoms with Gasteiger partial charge in [-0.05, 0) is 37.1 Å². The lowest BCUT2D eigenvalue weighted by atomic mass is 9.76. The Bertz CT molecular complexity index is 743. The third-order valence-corrected chi connectivity index (χ3v) is 6.88. The highest BCUT2D eigenvalue weighted by Gasteiger charge is 2.58. The van der Waals surface area contributed by atoms with E-state index in [-0.39, 0.29) is 12.8 Å². The summed E-state index contributed by atoms with van der Waals surface area (Å²) in [5.74, 6) is -2.32. The summed E-state index contributed by atoms with van der Waals surface area (Å²) in [4.78, 5) is 36.1. The van der Waals surface area contributed by atoms with Crippen molar-refractivity contribution in [3.63, 3.8) is 0 Å². The zero-order valence-corrected chi connectivity index (χ0v) is 18.1. The van der Waals surface area contributed by atoms with E-state index >= 15 is 0 Å². The lowest BCUT2D eigenvalue weighted by molar-refractivity contribution is -0.535. The maximum absolute atomic E-state index is 12.3. The lowest BCUT2D eigenvalue weighted by Gasteiger charge is -2.41. The van der Waals surface area contributed by atoms with Crippen LogP contribution in [0, 0.1) is 23.0 Å². The molecule has 4 atom stereocenters. The molecule has 1 saturated carbocycles. The number of carbonyl (C=O) groups is 2. The molecule has 0 spiro atoms. The second-order valence-electron chi connectivity index (χ2n) is 7.42. The van der Waals surface area contributed by atoms with E-state index in [1.54, 1.807) is 12.1 Å². The average molecular weight is 444 g/mol. The fourth-order valence-electron chi connectivity index (χ4n) is 3.63. The van der Waals surface area contributed by atoms with Crippen LogP contribution in [0.1, 0.15) is 44.6 Å². The molecule has 1 N–H and O–H groups in total. The topological polar surface area (TPSA) is 107 Å². The number of carboxylic acid groups (broad SMARTS) is 1. The molecule has 1 fully saturated rings. The highest BCUT2D eigenvalue weighted by Crippen LogP contribution is 2.48. The van der Waals surface area contributed by atoms with Gasteiger partial charge in [0, 0.05) is 29.3 Å². The highest BCUT2D eigenvalue weighted by atomic mass is 35.5. The second-order valence-corrected chi connectivity index (χ2v) is 9.25. The molecule has 0 radical (unpaired) electrons. The van der Waals surface area contributed by atoms with Gasteiger partial charge in [0.05, 0.1) is 6.10 Å². The summed E-state index contributed by atoms with van der Waals surface area (Å²) >= 11 is 6.78. The molecule has 29 heavy (non-hydrogen) atoms. The molecular weight excluding hydrogens is 418 g/mol. The third-order valence-electron chi connectivity index (χ3n) is 5.22. The average Bonchev–Trinajstić information content (AvgIpc) is 2.66. The van der Waals surface area contributed by atoms with E-state index in [4.69, 9.17) is 16.3 Å². The molecule has 4 unspecified atom stereocenters. The van der Waals surface area contributed by atoms with E-state index in [1.165, 1.54) is 0 Å². The molecule has 160 valence electrons. The van der Waals surface area contributed by atoms with Gasteiger partial charge in [-0.25, -0.2) is 0 Å². The number of thioether (sulfide) groups is 1. The number of halogens is 1. The van der Waals surface area contributed by atoms with Crippen molar-refractivity contribution in [2.24, 2.45) is 5.92 Å². The van der Waals surface area contributed by atoms with Gasteiger partial charge in [-0.15, -0.1) is 11.8 Å². The molecule has 9 heteroatoms. The van der Waals surface area contributed by atoms with E-state index < -0.39 is 38.9 Å². The summed E-state index contributed by atoms with van der Waals surface area (Å²) in [6, 6.07) is 5.88. The number of aryl methyl sites for hydroxylation is 1. The molecule has 1 aromatic rings. The quantitative estimate of drug-likeness (QED) is 0.248. The third kappa shape index (κ3) is 5.93. The number of hydrogen-bond donors (Lipinski definition) is 1. The van der Waals surface area contributed by atoms with Crippen LogP contribution in [-0.4, -0.2) is 44.7 Å². The molecule has 0 bridgehead atoms. The van der Waals surface area contributed by atoms with Gasteiger partial charge in [0.25, 0.3) is 0 Å². The summed E-state index contributed by atoms with van der Waals surface area (Å²) in [7, 11) is 0. The van der Waals surface area contributed by atoms with Gasteiger partial charge in [-0.2, -0.15) is 0 Å². The molecule has 2 rings (SSSR count). The number of nitrogens with zero attached hydrogens (tertiary/aromatic N) is 1. The fourth-order valence-corrected chi connectivity index (χ4v) is 5.23. The van der Waals surface area contributed by atoms with Gasteiger partial charge < -0.3 is 9.84 Å². The van der Waals surface area contributed by atoms with Crippen molar-refractivity contribution in [1.82, 2.24) is 0 Å². The van der Waals surface area contributed by atoms with Crippen LogP contribution in [0.15, 0.2) is 29.2 Å². The van der Waals surface area contributed by atoms with Gasteiger partial charge in [-0.1, -0.05) is 37.5 Å². The molecule has 0 saturated heterocycles. The molecular formula is C20H26ClNO6S. The van der Waals surface area contributed by atoms with Crippen LogP contribution in [0.3, 0.4) is 0 Å². The number of aliphatic carboxylic acids is 1. The minimum atomic E-state index is -1.48. The number of ether oxygens (including phenoxy) is 1. The Kier molecular flexibility index (Phi) is 8.48. The van der Waals surface area contributed by atoms with Crippen molar-refractivity contribution in [3.05, 3.63) is 39.9 Å². The van der Waals surface area contributed by atoms with E-state index in [2.05, 4.69) is 0 Å². The first-order chi connectivity index (χ1) is 13.7. The van der Waals surface area contributed by atoms with Gasteiger partial charge in [0.2, 0.25) is 11.3 Å². The molecule has 1 aromatic carbocycles. The number of unbranched alkanes of at least 4 members (excludes halogenated alkanes) is 2. The Morgan fingerprint density at radius 2 is 1.97 bits per heavy atom. The van der Waals surface area contributed by atoms with E-state index in [1.807, 2.05) is 26.0 Å². The molecule has 0 heterocycles. The summed E-state index contributed by atoms with van der Waals surface area (Å²) in [5.41, 5.74) is 1.02. The molecule has 1 aliphatic carbocycles. The first-order valence-electron chi connectivity index (χ1n) is 9.63. The first-order valence-corrected chi connectivity index (χ1v) is 10.8. The summed E-state index contributed by atoms with van der Waals surface area (Å²) < 4.78 is 4.33. The van der Waals surface area contributed by atoms with Crippen molar-refractivity contribution >= 4 is 34.6 Å². The lowest BCUT2D eigenvalue weighted by Crippen LogP contribution is -2.56. The van der Waals surface area contributed by atoms with Gasteiger partial charge >= 0.3 is 5.97 Å². The fraction of sp³-hybridized carbons (Fsp3) is 0.600. The largest absolute Gasteiger partial charge is 0.480 e. The van der Waals surface area contributed by atoms with E-state index in [9.17, 15) is 24.8 Å². The molecule has 1 aliphatic rings. The zero-order chi connectivity index (χ0) is 21.6. The van der Waals surface area contributed by atoms with Crippen LogP contribution in [0.25, 0.3) is 0 Å². The maximum atomic E-state index is 12.3. The van der Waals surface area contributed by atoms with E-state index in [0.717, 1.165) is 36.6 Å². The Morgan fingerprint density at radius 3 is 2.48 bits per heavy atom. The minimum absolute atomic E-state index is 0.0273. The molecule has 7 nitrogen and oxygen atoms in total. The van der Waals surface area contributed by atoms with Crippen LogP contribution in [0.4, 0.5) is 0 Å². The van der Waals surface area contributed by atoms with Crippen LogP contribution in [0.5, 0.6) is 0 Å². The van der Waals surface area contributed by atoms with Crippen molar-refractivity contribution in [1.29, 1.82) is 0 Å². The molecule has 0 aromatic heterocycles. The van der Waals surface area contributed by atoms with Gasteiger partial charge in [0.1, 0.15) is 10.7 Å². The van der Waals surface area contributed by atoms with Crippen molar-refractivity contribution < 1.29 is 24.4 Å². The van der Waals surface area contributed by atoms with Crippen molar-refractivity contribution in [2.45, 2.75) is 67.7 Å². The second kappa shape index (κ2) is 10.4. The Balaban J connectivity index is 2.36. The van der Waals surface area contributed by atoms with Gasteiger partial charge in [0.15, 0.2) is 0 Å². The Hall–Kier alpha value is -1.64. The summed E-state index contributed by atoms with van der Waals surface area (Å²) in [6.45, 7) is 4.25. The number of hydrogen-bond acceptors (Lipinski definition) is 6. The monoisotopic (exact) mass is 443 g/mol. The number of rotatable bonds is 10. The highest BCUT2D eigenvalue weighted by molar-refractivity contribution is 8.01. The Labute approximate surface area is 179 Å². The number of nitro groups is 1. The van der Waals surface area contributed by atoms with Crippen molar-refractivity contribution in [2.75, 3.05) is 6.61 Å². The predicted molar refractivity (Wildman–Crippen MR) is 111 cm³/mol. The van der Waals surface area contributed by atoms with Crippen molar-refractivity contribution in [3.8, 4) is 0 Å². The smallest absolute Gasteiger partial charge is 0.320 e. The standard InChI is InChI=1S/C20H26ClNO6S/c1-3-4-5-10-28-16-12-20(19(24)25,29-14-8-6-13(2)7-9-14)11-15(22(26)27)17(16)18(21)23/h6-9,15-17H,3-5,10-12H2,1-2H3,(H,24,25). The number of carboxylic acids is 1. The molecule has 0 aliphatic heterocycles. The normalized spacial score (nSPS) is 26.8. The maximum Gasteiger partial charge on any atom is 0.320 e. The van der Waals surface area contributed by atoms with Crippen LogP contribution >= 0.6 is 23.4 Å². The van der Waals surface area contributed by atoms with Crippen LogP contribution in [-0.2, 0) is 14.3 Å².